The molecule has 1 aromatic carbocycles. The molecule has 0 N–H and O–H groups in total. The summed E-state index contributed by atoms with van der Waals surface area (Å²) in [7, 11) is 0. The molecule has 19 heavy (non-hydrogen) atoms. The number of fused-ring (bicyclic) bond motifs is 3. The molecule has 3 fully saturated rings. The van der Waals surface area contributed by atoms with Gasteiger partial charge in [-0.2, -0.15) is 5.26 Å². The molecule has 0 heterocycles. The predicted octanol–water partition coefficient (Wildman–Crippen LogP) is 4.20. The SMILES string of the molecule is CCOc1ccc(C23CCC(C#N)(CC2)CC3)cc1. The zero-order valence-electron chi connectivity index (χ0n) is 11.6. The van der Waals surface area contributed by atoms with E-state index in [1.165, 1.54) is 24.8 Å². The van der Waals surface area contributed by atoms with Crippen LogP contribution in [-0.2, 0) is 5.41 Å². The van der Waals surface area contributed by atoms with Crippen molar-refractivity contribution in [2.45, 2.75) is 50.9 Å². The van der Waals surface area contributed by atoms with Crippen LogP contribution in [0, 0.1) is 16.7 Å². The molecule has 0 atom stereocenters. The van der Waals surface area contributed by atoms with Crippen LogP contribution in [0.3, 0.4) is 0 Å². The van der Waals surface area contributed by atoms with Gasteiger partial charge in [0.25, 0.3) is 0 Å². The van der Waals surface area contributed by atoms with Gasteiger partial charge in [0.15, 0.2) is 0 Å². The molecule has 1 aromatic rings. The van der Waals surface area contributed by atoms with Crippen molar-refractivity contribution in [2.75, 3.05) is 6.61 Å². The lowest BCUT2D eigenvalue weighted by atomic mass is 9.52. The maximum atomic E-state index is 9.35. The Morgan fingerprint density at radius 2 is 1.63 bits per heavy atom. The second-order valence-corrected chi connectivity index (χ2v) is 6.13. The van der Waals surface area contributed by atoms with E-state index in [-0.39, 0.29) is 5.41 Å². The van der Waals surface area contributed by atoms with Gasteiger partial charge in [-0.15, -0.1) is 0 Å². The first-order valence-corrected chi connectivity index (χ1v) is 7.37. The van der Waals surface area contributed by atoms with Crippen LogP contribution < -0.4 is 4.74 Å². The Morgan fingerprint density at radius 1 is 1.05 bits per heavy atom. The third-order valence-corrected chi connectivity index (χ3v) is 5.26. The van der Waals surface area contributed by atoms with E-state index < -0.39 is 0 Å². The molecular formula is C17H21NO. The fraction of sp³-hybridized carbons (Fsp3) is 0.588. The van der Waals surface area contributed by atoms with E-state index >= 15 is 0 Å². The fourth-order valence-electron chi connectivity index (χ4n) is 3.86. The molecule has 3 aliphatic carbocycles. The Morgan fingerprint density at radius 3 is 2.11 bits per heavy atom. The van der Waals surface area contributed by atoms with Crippen molar-refractivity contribution in [2.24, 2.45) is 5.41 Å². The van der Waals surface area contributed by atoms with Gasteiger partial charge in [0, 0.05) is 0 Å². The molecule has 0 saturated heterocycles. The lowest BCUT2D eigenvalue weighted by Gasteiger charge is -2.50. The van der Waals surface area contributed by atoms with E-state index in [1.54, 1.807) is 0 Å². The van der Waals surface area contributed by atoms with Crippen LogP contribution in [0.5, 0.6) is 5.75 Å². The summed E-state index contributed by atoms with van der Waals surface area (Å²) < 4.78 is 5.51. The highest BCUT2D eigenvalue weighted by molar-refractivity contribution is 5.34. The number of ether oxygens (including phenoxy) is 1. The number of nitriles is 1. The Balaban J connectivity index is 1.81. The zero-order chi connectivity index (χ0) is 13.3. The molecule has 4 rings (SSSR count). The molecule has 100 valence electrons. The van der Waals surface area contributed by atoms with Gasteiger partial charge >= 0.3 is 0 Å². The van der Waals surface area contributed by atoms with Gasteiger partial charge in [0.05, 0.1) is 18.1 Å². The lowest BCUT2D eigenvalue weighted by molar-refractivity contribution is 0.0848. The lowest BCUT2D eigenvalue weighted by Crippen LogP contribution is -2.43. The number of hydrogen-bond acceptors (Lipinski definition) is 2. The number of benzene rings is 1. The highest BCUT2D eigenvalue weighted by Gasteiger charge is 2.49. The number of nitrogens with zero attached hydrogens (tertiary/aromatic N) is 1. The zero-order valence-corrected chi connectivity index (χ0v) is 11.6. The Labute approximate surface area is 115 Å². The average molecular weight is 255 g/mol. The largest absolute Gasteiger partial charge is 0.494 e. The molecule has 0 amide bonds. The van der Waals surface area contributed by atoms with Crippen molar-refractivity contribution in [3.63, 3.8) is 0 Å². The third kappa shape index (κ3) is 2.02. The molecule has 3 saturated carbocycles. The summed E-state index contributed by atoms with van der Waals surface area (Å²) in [4.78, 5) is 0. The van der Waals surface area contributed by atoms with Crippen LogP contribution in [0.1, 0.15) is 51.0 Å². The minimum atomic E-state index is 0.00696. The maximum Gasteiger partial charge on any atom is 0.119 e. The Bertz CT molecular complexity index is 472. The average Bonchev–Trinajstić information content (AvgIpc) is 2.50. The van der Waals surface area contributed by atoms with Crippen LogP contribution >= 0.6 is 0 Å². The number of hydrogen-bond donors (Lipinski definition) is 0. The molecule has 0 spiro atoms. The van der Waals surface area contributed by atoms with E-state index in [4.69, 9.17) is 4.74 Å². The van der Waals surface area contributed by atoms with Crippen LogP contribution in [0.2, 0.25) is 0 Å². The molecule has 2 bridgehead atoms. The van der Waals surface area contributed by atoms with E-state index in [0.29, 0.717) is 5.41 Å². The predicted molar refractivity (Wildman–Crippen MR) is 75.0 cm³/mol. The van der Waals surface area contributed by atoms with Gasteiger partial charge in [-0.1, -0.05) is 12.1 Å². The summed E-state index contributed by atoms with van der Waals surface area (Å²) in [5.74, 6) is 0.959. The van der Waals surface area contributed by atoms with Crippen molar-refractivity contribution in [3.8, 4) is 11.8 Å². The van der Waals surface area contributed by atoms with Crippen molar-refractivity contribution >= 4 is 0 Å². The van der Waals surface area contributed by atoms with E-state index in [2.05, 4.69) is 30.3 Å². The second-order valence-electron chi connectivity index (χ2n) is 6.13. The molecule has 2 nitrogen and oxygen atoms in total. The van der Waals surface area contributed by atoms with Crippen LogP contribution in [0.25, 0.3) is 0 Å². The van der Waals surface area contributed by atoms with Crippen molar-refractivity contribution in [3.05, 3.63) is 29.8 Å². The van der Waals surface area contributed by atoms with Gasteiger partial charge in [-0.3, -0.25) is 0 Å². The van der Waals surface area contributed by atoms with Gasteiger partial charge in [-0.25, -0.2) is 0 Å². The monoisotopic (exact) mass is 255 g/mol. The molecule has 0 unspecified atom stereocenters. The summed E-state index contributed by atoms with van der Waals surface area (Å²) in [6.07, 6.45) is 6.77. The smallest absolute Gasteiger partial charge is 0.119 e. The first-order valence-electron chi connectivity index (χ1n) is 7.37. The van der Waals surface area contributed by atoms with Crippen molar-refractivity contribution in [1.82, 2.24) is 0 Å². The minimum Gasteiger partial charge on any atom is -0.494 e. The molecule has 0 aromatic heterocycles. The summed E-state index contributed by atoms with van der Waals surface area (Å²) >= 11 is 0. The first kappa shape index (κ1) is 12.5. The third-order valence-electron chi connectivity index (χ3n) is 5.26. The van der Waals surface area contributed by atoms with E-state index in [0.717, 1.165) is 31.6 Å². The van der Waals surface area contributed by atoms with Gasteiger partial charge < -0.3 is 4.74 Å². The minimum absolute atomic E-state index is 0.00696. The highest BCUT2D eigenvalue weighted by Crippen LogP contribution is 2.57. The standard InChI is InChI=1S/C17H21NO/c1-2-19-15-5-3-14(4-6-15)17-10-7-16(13-18,8-11-17)9-12-17/h3-6H,2,7-12H2,1H3. The topological polar surface area (TPSA) is 33.0 Å². The summed E-state index contributed by atoms with van der Waals surface area (Å²) in [6, 6.07) is 11.2. The van der Waals surface area contributed by atoms with Gasteiger partial charge in [-0.05, 0) is 68.6 Å². The highest BCUT2D eigenvalue weighted by atomic mass is 16.5. The van der Waals surface area contributed by atoms with Gasteiger partial charge in [0.1, 0.15) is 5.75 Å². The van der Waals surface area contributed by atoms with Crippen LogP contribution in [-0.4, -0.2) is 6.61 Å². The molecule has 0 aliphatic heterocycles. The summed E-state index contributed by atoms with van der Waals surface area (Å²) in [5.41, 5.74) is 1.79. The van der Waals surface area contributed by atoms with E-state index in [9.17, 15) is 5.26 Å². The summed E-state index contributed by atoms with van der Waals surface area (Å²) in [6.45, 7) is 2.73. The molecule has 0 radical (unpaired) electrons. The van der Waals surface area contributed by atoms with Crippen LogP contribution in [0.15, 0.2) is 24.3 Å². The quantitative estimate of drug-likeness (QED) is 0.811. The molecule has 2 heteroatoms. The van der Waals surface area contributed by atoms with E-state index in [1.807, 2.05) is 6.92 Å². The Kier molecular flexibility index (Phi) is 3.01. The first-order chi connectivity index (χ1) is 9.22. The van der Waals surface area contributed by atoms with Crippen molar-refractivity contribution < 1.29 is 4.74 Å². The maximum absolute atomic E-state index is 9.35. The van der Waals surface area contributed by atoms with Gasteiger partial charge in [0.2, 0.25) is 0 Å². The molecular weight excluding hydrogens is 234 g/mol. The molecule has 3 aliphatic rings. The van der Waals surface area contributed by atoms with Crippen molar-refractivity contribution in [1.29, 1.82) is 5.26 Å². The summed E-state index contributed by atoms with van der Waals surface area (Å²) in [5, 5.41) is 9.35. The fourth-order valence-corrected chi connectivity index (χ4v) is 3.86. The Hall–Kier alpha value is -1.49. The number of rotatable bonds is 3. The second kappa shape index (κ2) is 4.56. The normalized spacial score (nSPS) is 32.8. The van der Waals surface area contributed by atoms with Crippen LogP contribution in [0.4, 0.5) is 0 Å².